The molecule has 0 amide bonds. The molecule has 1 aromatic carbocycles. The largest absolute Gasteiger partial charge is 0.434 e. The smallest absolute Gasteiger partial charge is 0.235 e. The lowest BCUT2D eigenvalue weighted by atomic mass is 10.1. The molecule has 0 aliphatic carbocycles. The molecule has 17 heavy (non-hydrogen) atoms. The van der Waals surface area contributed by atoms with Gasteiger partial charge in [0.05, 0.1) is 10.8 Å². The summed E-state index contributed by atoms with van der Waals surface area (Å²) in [5.74, 6) is -0.0133. The van der Waals surface area contributed by atoms with E-state index in [-0.39, 0.29) is 15.8 Å². The van der Waals surface area contributed by atoms with Gasteiger partial charge in [0.25, 0.3) is 0 Å². The molecule has 0 aliphatic heterocycles. The van der Waals surface area contributed by atoms with Gasteiger partial charge in [0.15, 0.2) is 5.69 Å². The van der Waals surface area contributed by atoms with Crippen molar-refractivity contribution in [2.75, 3.05) is 0 Å². The molecule has 1 aromatic heterocycles. The summed E-state index contributed by atoms with van der Waals surface area (Å²) in [5, 5.41) is 0.276. The Morgan fingerprint density at radius 1 is 1.18 bits per heavy atom. The third-order valence-electron chi connectivity index (χ3n) is 2.09. The molecule has 0 atom stereocenters. The number of aromatic nitrogens is 1. The van der Waals surface area contributed by atoms with Crippen molar-refractivity contribution in [2.24, 2.45) is 0 Å². The van der Waals surface area contributed by atoms with Crippen LogP contribution in [0.1, 0.15) is 10.7 Å². The van der Waals surface area contributed by atoms with E-state index < -0.39 is 11.9 Å². The summed E-state index contributed by atoms with van der Waals surface area (Å²) in [7, 11) is 0. The van der Waals surface area contributed by atoms with E-state index in [1.165, 1.54) is 0 Å². The van der Waals surface area contributed by atoms with Crippen LogP contribution in [0.25, 0.3) is 10.4 Å². The molecule has 2 aromatic rings. The number of nitrogens with zero attached hydrogens (tertiary/aromatic N) is 1. The van der Waals surface area contributed by atoms with Crippen LogP contribution in [0.3, 0.4) is 0 Å². The van der Waals surface area contributed by atoms with Gasteiger partial charge in [-0.05, 0) is 5.56 Å². The summed E-state index contributed by atoms with van der Waals surface area (Å²) in [6, 6.07) is 8.38. The van der Waals surface area contributed by atoms with E-state index in [1.54, 1.807) is 30.3 Å². The molecule has 0 spiro atoms. The summed E-state index contributed by atoms with van der Waals surface area (Å²) in [5.41, 5.74) is -0.349. The third-order valence-corrected chi connectivity index (χ3v) is 3.61. The zero-order valence-corrected chi connectivity index (χ0v) is 10.0. The SMILES string of the molecule is FC(F)(F)c1nc(CCl)sc1-c1ccccc1. The van der Waals surface area contributed by atoms with Crippen LogP contribution in [-0.4, -0.2) is 4.98 Å². The van der Waals surface area contributed by atoms with E-state index in [2.05, 4.69) is 4.98 Å². The molecule has 0 unspecified atom stereocenters. The number of rotatable bonds is 2. The Labute approximate surface area is 105 Å². The summed E-state index contributed by atoms with van der Waals surface area (Å²) in [6.45, 7) is 0. The monoisotopic (exact) mass is 277 g/mol. The summed E-state index contributed by atoms with van der Waals surface area (Å²) in [4.78, 5) is 3.66. The fourth-order valence-electron chi connectivity index (χ4n) is 1.40. The maximum atomic E-state index is 12.8. The van der Waals surface area contributed by atoms with Crippen LogP contribution in [0.5, 0.6) is 0 Å². The lowest BCUT2D eigenvalue weighted by molar-refractivity contribution is -0.140. The van der Waals surface area contributed by atoms with E-state index in [1.807, 2.05) is 0 Å². The van der Waals surface area contributed by atoms with Crippen molar-refractivity contribution in [3.05, 3.63) is 41.0 Å². The second-order valence-corrected chi connectivity index (χ2v) is 4.63. The number of alkyl halides is 4. The van der Waals surface area contributed by atoms with Crippen molar-refractivity contribution >= 4 is 22.9 Å². The predicted octanol–water partition coefficient (Wildman–Crippen LogP) is 4.57. The summed E-state index contributed by atoms with van der Waals surface area (Å²) < 4.78 is 38.4. The molecule has 0 radical (unpaired) electrons. The van der Waals surface area contributed by atoms with Crippen molar-refractivity contribution in [3.63, 3.8) is 0 Å². The Morgan fingerprint density at radius 2 is 1.82 bits per heavy atom. The second kappa shape index (κ2) is 4.66. The highest BCUT2D eigenvalue weighted by Gasteiger charge is 2.37. The average Bonchev–Trinajstić information content (AvgIpc) is 2.74. The topological polar surface area (TPSA) is 12.9 Å². The first-order valence-corrected chi connectivity index (χ1v) is 6.05. The molecule has 0 fully saturated rings. The first-order valence-electron chi connectivity index (χ1n) is 4.70. The fraction of sp³-hybridized carbons (Fsp3) is 0.182. The molecule has 0 N–H and O–H groups in total. The third kappa shape index (κ3) is 2.61. The molecule has 1 heterocycles. The maximum absolute atomic E-state index is 12.8. The average molecular weight is 278 g/mol. The number of hydrogen-bond donors (Lipinski definition) is 0. The van der Waals surface area contributed by atoms with E-state index in [4.69, 9.17) is 11.6 Å². The van der Waals surface area contributed by atoms with Crippen LogP contribution in [0.15, 0.2) is 30.3 Å². The number of hydrogen-bond acceptors (Lipinski definition) is 2. The molecular weight excluding hydrogens is 271 g/mol. The number of halogens is 4. The number of thiazole rings is 1. The molecule has 6 heteroatoms. The molecule has 0 bridgehead atoms. The van der Waals surface area contributed by atoms with Crippen molar-refractivity contribution in [2.45, 2.75) is 12.1 Å². The standard InChI is InChI=1S/C11H7ClF3NS/c12-6-8-16-10(11(13,14)15)9(17-8)7-4-2-1-3-5-7/h1-5H,6H2. The minimum Gasteiger partial charge on any atom is -0.235 e. The van der Waals surface area contributed by atoms with Gasteiger partial charge in [-0.3, -0.25) is 0 Å². The minimum atomic E-state index is -4.45. The quantitative estimate of drug-likeness (QED) is 0.733. The Morgan fingerprint density at radius 3 is 2.35 bits per heavy atom. The summed E-state index contributed by atoms with van der Waals surface area (Å²) >= 11 is 6.51. The Balaban J connectivity index is 2.57. The van der Waals surface area contributed by atoms with E-state index in [9.17, 15) is 13.2 Å². The van der Waals surface area contributed by atoms with Crippen LogP contribution in [0, 0.1) is 0 Å². The maximum Gasteiger partial charge on any atom is 0.434 e. The molecule has 0 saturated carbocycles. The van der Waals surface area contributed by atoms with Crippen molar-refractivity contribution in [3.8, 4) is 10.4 Å². The zero-order chi connectivity index (χ0) is 12.5. The lowest BCUT2D eigenvalue weighted by Crippen LogP contribution is -2.07. The zero-order valence-electron chi connectivity index (χ0n) is 8.46. The molecule has 0 aliphatic rings. The van der Waals surface area contributed by atoms with E-state index >= 15 is 0 Å². The van der Waals surface area contributed by atoms with E-state index in [0.717, 1.165) is 11.3 Å². The first kappa shape index (κ1) is 12.4. The van der Waals surface area contributed by atoms with Gasteiger partial charge < -0.3 is 0 Å². The summed E-state index contributed by atoms with van der Waals surface area (Å²) in [6.07, 6.45) is -4.45. The molecular formula is C11H7ClF3NS. The van der Waals surface area contributed by atoms with Crippen LogP contribution in [-0.2, 0) is 12.1 Å². The second-order valence-electron chi connectivity index (χ2n) is 3.28. The van der Waals surface area contributed by atoms with Crippen LogP contribution < -0.4 is 0 Å². The van der Waals surface area contributed by atoms with Gasteiger partial charge in [-0.2, -0.15) is 13.2 Å². The van der Waals surface area contributed by atoms with Gasteiger partial charge in [0, 0.05) is 0 Å². The first-order chi connectivity index (χ1) is 8.02. The highest BCUT2D eigenvalue weighted by Crippen LogP contribution is 2.40. The van der Waals surface area contributed by atoms with Crippen molar-refractivity contribution in [1.29, 1.82) is 0 Å². The van der Waals surface area contributed by atoms with Gasteiger partial charge >= 0.3 is 6.18 Å². The normalized spacial score (nSPS) is 11.8. The number of benzene rings is 1. The molecule has 2 rings (SSSR count). The van der Waals surface area contributed by atoms with Gasteiger partial charge in [-0.1, -0.05) is 30.3 Å². The van der Waals surface area contributed by atoms with Crippen molar-refractivity contribution in [1.82, 2.24) is 4.98 Å². The Kier molecular flexibility index (Phi) is 3.40. The Bertz CT molecular complexity index is 507. The minimum absolute atomic E-state index is 0.0133. The molecule has 0 saturated heterocycles. The Hall–Kier alpha value is -1.07. The highest BCUT2D eigenvalue weighted by atomic mass is 35.5. The molecule has 90 valence electrons. The van der Waals surface area contributed by atoms with Gasteiger partial charge in [0.2, 0.25) is 0 Å². The predicted molar refractivity (Wildman–Crippen MR) is 62.1 cm³/mol. The van der Waals surface area contributed by atoms with Crippen molar-refractivity contribution < 1.29 is 13.2 Å². The van der Waals surface area contributed by atoms with Gasteiger partial charge in [-0.25, -0.2) is 4.98 Å². The van der Waals surface area contributed by atoms with Crippen LogP contribution in [0.2, 0.25) is 0 Å². The highest BCUT2D eigenvalue weighted by molar-refractivity contribution is 7.15. The van der Waals surface area contributed by atoms with Crippen LogP contribution >= 0.6 is 22.9 Å². The van der Waals surface area contributed by atoms with Crippen LogP contribution in [0.4, 0.5) is 13.2 Å². The molecule has 1 nitrogen and oxygen atoms in total. The lowest BCUT2D eigenvalue weighted by Gasteiger charge is -2.05. The van der Waals surface area contributed by atoms with Gasteiger partial charge in [-0.15, -0.1) is 22.9 Å². The van der Waals surface area contributed by atoms with Gasteiger partial charge in [0.1, 0.15) is 5.01 Å². The fourth-order valence-corrected chi connectivity index (χ4v) is 2.56. The van der Waals surface area contributed by atoms with E-state index in [0.29, 0.717) is 5.56 Å².